The molecule has 0 aliphatic heterocycles. The minimum absolute atomic E-state index is 0.305. The molecule has 4 heteroatoms. The molecule has 1 aromatic heterocycles. The van der Waals surface area contributed by atoms with Gasteiger partial charge in [-0.25, -0.2) is 0 Å². The Morgan fingerprint density at radius 2 is 2.11 bits per heavy atom. The highest BCUT2D eigenvalue weighted by Gasteiger charge is 2.08. The number of aryl methyl sites for hydroxylation is 1. The average Bonchev–Trinajstić information content (AvgIpc) is 2.83. The van der Waals surface area contributed by atoms with Crippen LogP contribution in [0, 0.1) is 6.92 Å². The molecule has 1 heterocycles. The molecule has 0 aliphatic rings. The van der Waals surface area contributed by atoms with Crippen molar-refractivity contribution in [3.05, 3.63) is 50.7 Å². The zero-order valence-corrected chi connectivity index (χ0v) is 12.9. The van der Waals surface area contributed by atoms with Crippen molar-refractivity contribution in [2.24, 2.45) is 0 Å². The Bertz CT molecular complexity index is 553. The summed E-state index contributed by atoms with van der Waals surface area (Å²) in [5.74, 6) is 0.932. The molecule has 0 saturated heterocycles. The molecule has 0 amide bonds. The monoisotopic (exact) mass is 295 g/mol. The van der Waals surface area contributed by atoms with Crippen molar-refractivity contribution in [2.75, 3.05) is 7.11 Å². The van der Waals surface area contributed by atoms with E-state index in [1.807, 2.05) is 12.1 Å². The van der Waals surface area contributed by atoms with E-state index in [9.17, 15) is 0 Å². The Balaban J connectivity index is 1.97. The highest BCUT2D eigenvalue weighted by atomic mass is 35.5. The van der Waals surface area contributed by atoms with E-state index in [-0.39, 0.29) is 0 Å². The van der Waals surface area contributed by atoms with Gasteiger partial charge in [-0.1, -0.05) is 23.7 Å². The lowest BCUT2D eigenvalue weighted by Gasteiger charge is -2.13. The topological polar surface area (TPSA) is 21.3 Å². The van der Waals surface area contributed by atoms with Gasteiger partial charge in [-0.3, -0.25) is 0 Å². The molecule has 0 spiro atoms. The number of benzene rings is 1. The zero-order valence-electron chi connectivity index (χ0n) is 11.4. The van der Waals surface area contributed by atoms with Crippen LogP contribution in [0.2, 0.25) is 4.34 Å². The Morgan fingerprint density at radius 3 is 2.68 bits per heavy atom. The third-order valence-electron chi connectivity index (χ3n) is 3.09. The maximum absolute atomic E-state index is 5.95. The van der Waals surface area contributed by atoms with Crippen LogP contribution in [0.3, 0.4) is 0 Å². The Morgan fingerprint density at radius 1 is 1.32 bits per heavy atom. The first-order valence-electron chi connectivity index (χ1n) is 6.22. The van der Waals surface area contributed by atoms with E-state index in [0.717, 1.165) is 22.2 Å². The van der Waals surface area contributed by atoms with Gasteiger partial charge < -0.3 is 10.1 Å². The number of methoxy groups -OCH3 is 1. The summed E-state index contributed by atoms with van der Waals surface area (Å²) in [5, 5.41) is 3.50. The van der Waals surface area contributed by atoms with E-state index in [1.54, 1.807) is 18.4 Å². The smallest absolute Gasteiger partial charge is 0.121 e. The van der Waals surface area contributed by atoms with Gasteiger partial charge in [0.2, 0.25) is 0 Å². The van der Waals surface area contributed by atoms with E-state index in [0.29, 0.717) is 6.04 Å². The fourth-order valence-electron chi connectivity index (χ4n) is 1.98. The highest BCUT2D eigenvalue weighted by Crippen LogP contribution is 2.27. The number of hydrogen-bond acceptors (Lipinski definition) is 3. The van der Waals surface area contributed by atoms with Crippen LogP contribution in [0.15, 0.2) is 30.3 Å². The second-order valence-corrected chi connectivity index (χ2v) is 6.30. The summed E-state index contributed by atoms with van der Waals surface area (Å²) in [5.41, 5.74) is 2.42. The SMILES string of the molecule is COc1ccc(CNC(C)c2ccc(Cl)s2)cc1C. The zero-order chi connectivity index (χ0) is 13.8. The highest BCUT2D eigenvalue weighted by molar-refractivity contribution is 7.16. The summed E-state index contributed by atoms with van der Waals surface area (Å²) < 4.78 is 6.10. The maximum Gasteiger partial charge on any atom is 0.121 e. The van der Waals surface area contributed by atoms with Crippen molar-refractivity contribution in [3.63, 3.8) is 0 Å². The van der Waals surface area contributed by atoms with Crippen molar-refractivity contribution >= 4 is 22.9 Å². The number of thiophene rings is 1. The second-order valence-electron chi connectivity index (χ2n) is 4.55. The van der Waals surface area contributed by atoms with Gasteiger partial charge in [-0.05, 0) is 43.2 Å². The first-order valence-corrected chi connectivity index (χ1v) is 7.41. The average molecular weight is 296 g/mol. The number of nitrogens with one attached hydrogen (secondary N) is 1. The molecule has 2 aromatic rings. The second kappa shape index (κ2) is 6.42. The quantitative estimate of drug-likeness (QED) is 0.872. The molecule has 2 rings (SSSR count). The largest absolute Gasteiger partial charge is 0.496 e. The number of rotatable bonds is 5. The van der Waals surface area contributed by atoms with Gasteiger partial charge >= 0.3 is 0 Å². The van der Waals surface area contributed by atoms with Crippen molar-refractivity contribution in [3.8, 4) is 5.75 Å². The van der Waals surface area contributed by atoms with Gasteiger partial charge in [0.05, 0.1) is 11.4 Å². The normalized spacial score (nSPS) is 12.4. The summed E-state index contributed by atoms with van der Waals surface area (Å²) >= 11 is 7.58. The fourth-order valence-corrected chi connectivity index (χ4v) is 3.07. The lowest BCUT2D eigenvalue weighted by atomic mass is 10.1. The molecule has 0 bridgehead atoms. The molecular formula is C15H18ClNOS. The molecular weight excluding hydrogens is 278 g/mol. The molecule has 0 radical (unpaired) electrons. The van der Waals surface area contributed by atoms with Gasteiger partial charge in [-0.15, -0.1) is 11.3 Å². The van der Waals surface area contributed by atoms with Crippen LogP contribution in [0.1, 0.15) is 29.0 Å². The Labute approximate surface area is 123 Å². The maximum atomic E-state index is 5.95. The van der Waals surface area contributed by atoms with Crippen LogP contribution in [-0.4, -0.2) is 7.11 Å². The van der Waals surface area contributed by atoms with Crippen LogP contribution in [0.25, 0.3) is 0 Å². The lowest BCUT2D eigenvalue weighted by Crippen LogP contribution is -2.17. The number of hydrogen-bond donors (Lipinski definition) is 1. The Hall–Kier alpha value is -1.03. The first kappa shape index (κ1) is 14.4. The van der Waals surface area contributed by atoms with Gasteiger partial charge in [0.15, 0.2) is 0 Å². The van der Waals surface area contributed by atoms with Crippen LogP contribution in [0.5, 0.6) is 5.75 Å². The van der Waals surface area contributed by atoms with E-state index >= 15 is 0 Å². The van der Waals surface area contributed by atoms with Gasteiger partial charge in [0, 0.05) is 17.5 Å². The predicted octanol–water partition coefficient (Wildman–Crippen LogP) is 4.57. The van der Waals surface area contributed by atoms with E-state index in [4.69, 9.17) is 16.3 Å². The van der Waals surface area contributed by atoms with Crippen LogP contribution in [0.4, 0.5) is 0 Å². The van der Waals surface area contributed by atoms with Crippen molar-refractivity contribution in [1.82, 2.24) is 5.32 Å². The molecule has 1 unspecified atom stereocenters. The van der Waals surface area contributed by atoms with Gasteiger partial charge in [-0.2, -0.15) is 0 Å². The van der Waals surface area contributed by atoms with Crippen LogP contribution < -0.4 is 10.1 Å². The molecule has 1 aromatic carbocycles. The van der Waals surface area contributed by atoms with E-state index < -0.39 is 0 Å². The molecule has 19 heavy (non-hydrogen) atoms. The molecule has 0 aliphatic carbocycles. The summed E-state index contributed by atoms with van der Waals surface area (Å²) in [6.45, 7) is 5.05. The molecule has 2 nitrogen and oxygen atoms in total. The standard InChI is InChI=1S/C15H18ClNOS/c1-10-8-12(4-5-13(10)18-3)9-17-11(2)14-6-7-15(16)19-14/h4-8,11,17H,9H2,1-3H3. The van der Waals surface area contributed by atoms with Crippen molar-refractivity contribution in [1.29, 1.82) is 0 Å². The molecule has 1 atom stereocenters. The van der Waals surface area contributed by atoms with E-state index in [1.165, 1.54) is 10.4 Å². The predicted molar refractivity (Wildman–Crippen MR) is 82.3 cm³/mol. The fraction of sp³-hybridized carbons (Fsp3) is 0.333. The van der Waals surface area contributed by atoms with Gasteiger partial charge in [0.1, 0.15) is 5.75 Å². The van der Waals surface area contributed by atoms with Crippen molar-refractivity contribution in [2.45, 2.75) is 26.4 Å². The molecule has 0 saturated carbocycles. The number of ether oxygens (including phenoxy) is 1. The molecule has 1 N–H and O–H groups in total. The molecule has 0 fully saturated rings. The molecule has 102 valence electrons. The summed E-state index contributed by atoms with van der Waals surface area (Å²) in [6, 6.07) is 10.6. The van der Waals surface area contributed by atoms with Crippen molar-refractivity contribution < 1.29 is 4.74 Å². The summed E-state index contributed by atoms with van der Waals surface area (Å²) in [7, 11) is 1.70. The lowest BCUT2D eigenvalue weighted by molar-refractivity contribution is 0.411. The third kappa shape index (κ3) is 3.72. The minimum atomic E-state index is 0.305. The first-order chi connectivity index (χ1) is 9.10. The minimum Gasteiger partial charge on any atom is -0.496 e. The van der Waals surface area contributed by atoms with Gasteiger partial charge in [0.25, 0.3) is 0 Å². The van der Waals surface area contributed by atoms with Crippen LogP contribution in [-0.2, 0) is 6.54 Å². The van der Waals surface area contributed by atoms with E-state index in [2.05, 4.69) is 37.4 Å². The Kier molecular flexibility index (Phi) is 4.86. The summed E-state index contributed by atoms with van der Waals surface area (Å²) in [6.07, 6.45) is 0. The summed E-state index contributed by atoms with van der Waals surface area (Å²) in [4.78, 5) is 1.26. The third-order valence-corrected chi connectivity index (χ3v) is 4.51. The number of halogens is 1. The van der Waals surface area contributed by atoms with Crippen LogP contribution >= 0.6 is 22.9 Å².